The zero-order chi connectivity index (χ0) is 20.5. The second-order valence-electron chi connectivity index (χ2n) is 5.42. The van der Waals surface area contributed by atoms with Crippen LogP contribution in [0.2, 0.25) is 5.02 Å². The first kappa shape index (κ1) is 19.6. The third kappa shape index (κ3) is 3.64. The third-order valence-corrected chi connectivity index (χ3v) is 5.56. The fourth-order valence-corrected chi connectivity index (χ4v) is 3.72. The van der Waals surface area contributed by atoms with Crippen molar-refractivity contribution in [3.8, 4) is 11.6 Å². The van der Waals surface area contributed by atoms with Gasteiger partial charge in [-0.05, 0) is 36.4 Å². The maximum Gasteiger partial charge on any atom is 0.349 e. The molecule has 0 spiro atoms. The lowest BCUT2D eigenvalue weighted by Gasteiger charge is -2.07. The van der Waals surface area contributed by atoms with E-state index < -0.39 is 33.3 Å². The predicted octanol–water partition coefficient (Wildman–Crippen LogP) is 2.72. The molecular weight excluding hydrogens is 413 g/mol. The van der Waals surface area contributed by atoms with Crippen LogP contribution in [-0.4, -0.2) is 30.7 Å². The van der Waals surface area contributed by atoms with Crippen molar-refractivity contribution in [1.29, 1.82) is 0 Å². The van der Waals surface area contributed by atoms with E-state index in [1.165, 1.54) is 43.5 Å². The highest BCUT2D eigenvalue weighted by Gasteiger charge is 2.24. The number of nitrogen functional groups attached to an aromatic ring is 1. The van der Waals surface area contributed by atoms with Crippen molar-refractivity contribution in [3.05, 3.63) is 64.9 Å². The molecule has 11 heteroatoms. The number of hydrogen-bond donors (Lipinski definition) is 1. The number of anilines is 1. The van der Waals surface area contributed by atoms with Gasteiger partial charge in [-0.1, -0.05) is 17.7 Å². The van der Waals surface area contributed by atoms with Crippen LogP contribution in [0.5, 0.6) is 11.6 Å². The van der Waals surface area contributed by atoms with Gasteiger partial charge in [0.25, 0.3) is 10.0 Å². The second kappa shape index (κ2) is 7.49. The van der Waals surface area contributed by atoms with E-state index in [-0.39, 0.29) is 15.7 Å². The molecule has 1 aromatic heterocycles. The Morgan fingerprint density at radius 1 is 1.21 bits per heavy atom. The number of nitrogens with zero attached hydrogens (tertiary/aromatic N) is 2. The molecule has 0 aliphatic heterocycles. The summed E-state index contributed by atoms with van der Waals surface area (Å²) in [4.78, 5) is 12.1. The number of hydrogen-bond acceptors (Lipinski definition) is 7. The van der Waals surface area contributed by atoms with Crippen molar-refractivity contribution in [2.75, 3.05) is 12.8 Å². The van der Waals surface area contributed by atoms with Gasteiger partial charge in [0, 0.05) is 6.07 Å². The first-order chi connectivity index (χ1) is 13.2. The average molecular weight is 426 g/mol. The minimum absolute atomic E-state index is 0.113. The normalized spacial score (nSPS) is 11.2. The number of ether oxygens (including phenoxy) is 2. The molecule has 0 aliphatic carbocycles. The highest BCUT2D eigenvalue weighted by Crippen LogP contribution is 2.25. The Morgan fingerprint density at radius 3 is 2.50 bits per heavy atom. The number of benzene rings is 2. The summed E-state index contributed by atoms with van der Waals surface area (Å²) < 4.78 is 49.6. The van der Waals surface area contributed by atoms with Gasteiger partial charge in [0.2, 0.25) is 5.88 Å². The Bertz CT molecular complexity index is 1130. The molecule has 0 bridgehead atoms. The maximum absolute atomic E-state index is 13.8. The number of esters is 1. The van der Waals surface area contributed by atoms with Gasteiger partial charge in [0.15, 0.2) is 0 Å². The lowest BCUT2D eigenvalue weighted by atomic mass is 10.2. The van der Waals surface area contributed by atoms with Crippen molar-refractivity contribution in [2.45, 2.75) is 4.90 Å². The summed E-state index contributed by atoms with van der Waals surface area (Å²) in [6.45, 7) is 0. The monoisotopic (exact) mass is 425 g/mol. The number of methoxy groups -OCH3 is 1. The zero-order valence-electron chi connectivity index (χ0n) is 14.3. The van der Waals surface area contributed by atoms with E-state index in [2.05, 4.69) is 5.10 Å². The lowest BCUT2D eigenvalue weighted by Crippen LogP contribution is -2.17. The molecule has 3 aromatic rings. The molecule has 146 valence electrons. The fourth-order valence-electron chi connectivity index (χ4n) is 2.29. The minimum Gasteiger partial charge on any atom is -0.497 e. The summed E-state index contributed by atoms with van der Waals surface area (Å²) in [5.74, 6) is -2.31. The van der Waals surface area contributed by atoms with Crippen LogP contribution in [0.3, 0.4) is 0 Å². The van der Waals surface area contributed by atoms with Crippen LogP contribution in [0.4, 0.5) is 10.2 Å². The quantitative estimate of drug-likeness (QED) is 0.625. The van der Waals surface area contributed by atoms with Gasteiger partial charge in [0.1, 0.15) is 22.9 Å². The van der Waals surface area contributed by atoms with Crippen LogP contribution in [0.15, 0.2) is 53.4 Å². The van der Waals surface area contributed by atoms with Crippen LogP contribution in [0.25, 0.3) is 0 Å². The first-order valence-electron chi connectivity index (χ1n) is 7.65. The van der Waals surface area contributed by atoms with Crippen molar-refractivity contribution < 1.29 is 27.1 Å². The summed E-state index contributed by atoms with van der Waals surface area (Å²) in [7, 11) is -2.72. The van der Waals surface area contributed by atoms with Crippen molar-refractivity contribution >= 4 is 33.4 Å². The third-order valence-electron chi connectivity index (χ3n) is 3.63. The topological polar surface area (TPSA) is 114 Å². The van der Waals surface area contributed by atoms with E-state index in [4.69, 9.17) is 26.8 Å². The van der Waals surface area contributed by atoms with Gasteiger partial charge in [-0.25, -0.2) is 9.18 Å². The van der Waals surface area contributed by atoms with Gasteiger partial charge in [-0.3, -0.25) is 0 Å². The van der Waals surface area contributed by atoms with E-state index in [1.54, 1.807) is 0 Å². The fraction of sp³-hybridized carbons (Fsp3) is 0.0588. The van der Waals surface area contributed by atoms with E-state index in [1.807, 2.05) is 0 Å². The average Bonchev–Trinajstić information content (AvgIpc) is 3.02. The molecule has 3 rings (SSSR count). The van der Waals surface area contributed by atoms with Crippen LogP contribution in [0.1, 0.15) is 10.4 Å². The molecule has 0 atom stereocenters. The zero-order valence-corrected chi connectivity index (χ0v) is 15.9. The largest absolute Gasteiger partial charge is 0.497 e. The van der Waals surface area contributed by atoms with E-state index >= 15 is 0 Å². The van der Waals surface area contributed by atoms with Crippen molar-refractivity contribution in [2.24, 2.45) is 0 Å². The molecule has 1 heterocycles. The number of carbonyl (C=O) groups excluding carboxylic acids is 1. The van der Waals surface area contributed by atoms with E-state index in [0.29, 0.717) is 9.84 Å². The second-order valence-corrected chi connectivity index (χ2v) is 7.59. The van der Waals surface area contributed by atoms with Gasteiger partial charge in [0.05, 0.1) is 17.0 Å². The number of halogens is 2. The molecule has 2 aromatic carbocycles. The predicted molar refractivity (Wildman–Crippen MR) is 98.6 cm³/mol. The molecular formula is C17H13ClFN3O5S. The first-order valence-corrected chi connectivity index (χ1v) is 9.47. The minimum atomic E-state index is -4.16. The summed E-state index contributed by atoms with van der Waals surface area (Å²) >= 11 is 5.81. The Labute approximate surface area is 164 Å². The van der Waals surface area contributed by atoms with Crippen molar-refractivity contribution in [1.82, 2.24) is 9.19 Å². The van der Waals surface area contributed by atoms with Gasteiger partial charge in [-0.15, -0.1) is 9.19 Å². The molecule has 0 saturated heterocycles. The Morgan fingerprint density at radius 2 is 1.89 bits per heavy atom. The molecule has 0 fully saturated rings. The summed E-state index contributed by atoms with van der Waals surface area (Å²) in [5.41, 5.74) is 5.20. The smallest absolute Gasteiger partial charge is 0.349 e. The molecule has 0 saturated carbocycles. The summed E-state index contributed by atoms with van der Waals surface area (Å²) in [6, 6.07) is 10.2. The number of rotatable bonds is 5. The molecule has 8 nitrogen and oxygen atoms in total. The summed E-state index contributed by atoms with van der Waals surface area (Å²) in [6.07, 6.45) is 0. The van der Waals surface area contributed by atoms with Crippen LogP contribution < -0.4 is 15.2 Å². The van der Waals surface area contributed by atoms with Crippen LogP contribution in [-0.2, 0) is 10.0 Å². The van der Waals surface area contributed by atoms with Crippen LogP contribution in [0, 0.1) is 5.82 Å². The highest BCUT2D eigenvalue weighted by molar-refractivity contribution is 7.90. The number of aromatic nitrogens is 2. The molecule has 2 N–H and O–H groups in total. The Kier molecular flexibility index (Phi) is 5.25. The standard InChI is InChI=1S/C17H13ClFN3O5S/c1-26-10-5-7-11(8-6-10)28(24,25)22-14(20)9-15(21-22)27-17(23)16-12(18)3-2-4-13(16)19/h2-9H,20H2,1H3. The lowest BCUT2D eigenvalue weighted by molar-refractivity contribution is 0.0722. The van der Waals surface area contributed by atoms with E-state index in [0.717, 1.165) is 12.1 Å². The van der Waals surface area contributed by atoms with E-state index in [9.17, 15) is 17.6 Å². The SMILES string of the molecule is COc1ccc(S(=O)(=O)n2nc(OC(=O)c3c(F)cccc3Cl)cc2N)cc1. The molecule has 0 aliphatic rings. The molecule has 0 amide bonds. The molecule has 28 heavy (non-hydrogen) atoms. The molecule has 0 radical (unpaired) electrons. The molecule has 0 unspecified atom stereocenters. The van der Waals surface area contributed by atoms with Crippen LogP contribution >= 0.6 is 11.6 Å². The summed E-state index contributed by atoms with van der Waals surface area (Å²) in [5, 5.41) is 3.53. The Balaban J connectivity index is 1.91. The Hall–Kier alpha value is -3.11. The van der Waals surface area contributed by atoms with Crippen molar-refractivity contribution in [3.63, 3.8) is 0 Å². The number of carbonyl (C=O) groups is 1. The number of nitrogens with two attached hydrogens (primary N) is 1. The van der Waals surface area contributed by atoms with Gasteiger partial charge >= 0.3 is 5.97 Å². The van der Waals surface area contributed by atoms with Gasteiger partial charge < -0.3 is 15.2 Å². The van der Waals surface area contributed by atoms with Gasteiger partial charge in [-0.2, -0.15) is 8.42 Å². The maximum atomic E-state index is 13.8. The highest BCUT2D eigenvalue weighted by atomic mass is 35.5.